The third-order valence-corrected chi connectivity index (χ3v) is 7.80. The molecule has 0 aromatic heterocycles. The van der Waals surface area contributed by atoms with Crippen LogP contribution in [0, 0.1) is 0 Å². The van der Waals surface area contributed by atoms with E-state index in [-0.39, 0.29) is 18.6 Å². The van der Waals surface area contributed by atoms with E-state index in [1.807, 2.05) is 97.1 Å². The summed E-state index contributed by atoms with van der Waals surface area (Å²) in [6, 6.07) is 36.2. The van der Waals surface area contributed by atoms with Crippen molar-refractivity contribution in [3.63, 3.8) is 0 Å². The fourth-order valence-corrected chi connectivity index (χ4v) is 5.27. The van der Waals surface area contributed by atoms with Crippen molar-refractivity contribution in [3.05, 3.63) is 132 Å². The summed E-state index contributed by atoms with van der Waals surface area (Å²) in [6.07, 6.45) is 6.34. The Morgan fingerprint density at radius 2 is 1.53 bits per heavy atom. The van der Waals surface area contributed by atoms with Gasteiger partial charge in [-0.25, -0.2) is 4.99 Å². The third kappa shape index (κ3) is 6.71. The van der Waals surface area contributed by atoms with Gasteiger partial charge in [-0.15, -0.1) is 0 Å². The van der Waals surface area contributed by atoms with Crippen LogP contribution in [-0.2, 0) is 9.53 Å². The molecule has 1 amide bonds. The first kappa shape index (κ1) is 28.4. The van der Waals surface area contributed by atoms with Gasteiger partial charge in [0.1, 0.15) is 5.75 Å². The minimum atomic E-state index is -1.19. The molecule has 2 N–H and O–H groups in total. The van der Waals surface area contributed by atoms with Gasteiger partial charge in [0.25, 0.3) is 5.91 Å². The van der Waals surface area contributed by atoms with Crippen molar-refractivity contribution in [1.82, 2.24) is 5.32 Å². The van der Waals surface area contributed by atoms with Gasteiger partial charge in [-0.1, -0.05) is 97.1 Å². The van der Waals surface area contributed by atoms with Crippen molar-refractivity contribution in [2.75, 3.05) is 13.2 Å². The molecule has 1 aliphatic heterocycles. The number of aliphatic imine (C=N–C) groups is 1. The van der Waals surface area contributed by atoms with E-state index < -0.39 is 11.6 Å². The molecule has 4 aromatic carbocycles. The normalized spacial score (nSPS) is 19.6. The molecule has 4 aromatic rings. The Hall–Kier alpha value is -4.68. The Morgan fingerprint density at radius 3 is 2.21 bits per heavy atom. The van der Waals surface area contributed by atoms with E-state index in [9.17, 15) is 4.79 Å². The SMILES string of the molecule is O=C(NC1CC1)[C@]1(C/C=C/c2ccccc2)N=C(c2ccc(OCCCO)cc2)O[C@@H]1c1ccc(-c2ccccc2)cc1. The maximum Gasteiger partial charge on any atom is 0.252 e. The van der Waals surface area contributed by atoms with Crippen LogP contribution >= 0.6 is 0 Å². The molecule has 1 fully saturated rings. The second-order valence-electron chi connectivity index (χ2n) is 11.0. The zero-order chi connectivity index (χ0) is 29.5. The fraction of sp³-hybridized carbons (Fsp3) is 0.243. The van der Waals surface area contributed by atoms with Crippen molar-refractivity contribution in [3.8, 4) is 16.9 Å². The highest BCUT2D eigenvalue weighted by Crippen LogP contribution is 2.44. The second-order valence-corrected chi connectivity index (χ2v) is 11.0. The van der Waals surface area contributed by atoms with Gasteiger partial charge in [0.2, 0.25) is 5.90 Å². The van der Waals surface area contributed by atoms with Crippen molar-refractivity contribution in [2.45, 2.75) is 43.4 Å². The smallest absolute Gasteiger partial charge is 0.252 e. The number of ether oxygens (including phenoxy) is 2. The van der Waals surface area contributed by atoms with Gasteiger partial charge < -0.3 is 19.9 Å². The van der Waals surface area contributed by atoms with Gasteiger partial charge in [0.15, 0.2) is 11.6 Å². The van der Waals surface area contributed by atoms with Crippen molar-refractivity contribution >= 4 is 17.9 Å². The van der Waals surface area contributed by atoms with Gasteiger partial charge in [0.05, 0.1) is 6.61 Å². The van der Waals surface area contributed by atoms with Crippen LogP contribution < -0.4 is 10.1 Å². The van der Waals surface area contributed by atoms with E-state index in [0.29, 0.717) is 31.1 Å². The predicted molar refractivity (Wildman–Crippen MR) is 170 cm³/mol. The molecule has 2 atom stereocenters. The van der Waals surface area contributed by atoms with Crippen LogP contribution in [-0.4, -0.2) is 41.7 Å². The highest BCUT2D eigenvalue weighted by Gasteiger charge is 2.53. The Kier molecular flexibility index (Phi) is 8.66. The molecule has 6 heteroatoms. The molecule has 2 aliphatic rings. The number of carbonyl (C=O) groups excluding carboxylic acids is 1. The zero-order valence-corrected chi connectivity index (χ0v) is 24.1. The minimum Gasteiger partial charge on any atom is -0.494 e. The molecule has 0 bridgehead atoms. The van der Waals surface area contributed by atoms with Gasteiger partial charge in [0, 0.05) is 31.1 Å². The Balaban J connectivity index is 1.36. The van der Waals surface area contributed by atoms with E-state index in [1.165, 1.54) is 0 Å². The summed E-state index contributed by atoms with van der Waals surface area (Å²) in [5.74, 6) is 1.01. The molecular formula is C37H36N2O4. The summed E-state index contributed by atoms with van der Waals surface area (Å²) < 4.78 is 12.4. The van der Waals surface area contributed by atoms with E-state index in [1.54, 1.807) is 0 Å². The van der Waals surface area contributed by atoms with Crippen LogP contribution in [0.25, 0.3) is 17.2 Å². The Labute approximate surface area is 252 Å². The molecule has 43 heavy (non-hydrogen) atoms. The number of aliphatic hydroxyl groups is 1. The van der Waals surface area contributed by atoms with Crippen LogP contribution in [0.1, 0.15) is 48.5 Å². The van der Waals surface area contributed by atoms with Gasteiger partial charge in [-0.05, 0) is 59.4 Å². The Bertz CT molecular complexity index is 1560. The summed E-state index contributed by atoms with van der Waals surface area (Å²) >= 11 is 0. The number of nitrogens with one attached hydrogen (secondary N) is 1. The first-order chi connectivity index (χ1) is 21.1. The summed E-state index contributed by atoms with van der Waals surface area (Å²) in [5, 5.41) is 12.3. The average molecular weight is 573 g/mol. The number of nitrogens with zero attached hydrogens (tertiary/aromatic N) is 1. The summed E-state index contributed by atoms with van der Waals surface area (Å²) in [7, 11) is 0. The number of aliphatic hydroxyl groups excluding tert-OH is 1. The molecule has 1 saturated carbocycles. The molecule has 0 unspecified atom stereocenters. The maximum atomic E-state index is 14.1. The van der Waals surface area contributed by atoms with Crippen LogP contribution in [0.2, 0.25) is 0 Å². The van der Waals surface area contributed by atoms with Crippen molar-refractivity contribution < 1.29 is 19.4 Å². The maximum absolute atomic E-state index is 14.1. The number of amides is 1. The van der Waals surface area contributed by atoms with E-state index in [0.717, 1.165) is 40.7 Å². The minimum absolute atomic E-state index is 0.0835. The van der Waals surface area contributed by atoms with Crippen LogP contribution in [0.5, 0.6) is 5.75 Å². The fourth-order valence-electron chi connectivity index (χ4n) is 5.27. The standard InChI is InChI=1S/C37H36N2O4/c40-25-8-26-42-33-22-18-31(19-23-33)35-39-37(36(41)38-32-20-21-32,24-7-11-27-9-3-1-4-10-27)34(43-35)30-16-14-29(15-17-30)28-12-5-2-6-13-28/h1-7,9-19,22-23,32,34,40H,8,20-21,24-26H2,(H,38,41)/b11-7+/t34-,37-/m1/s1. The lowest BCUT2D eigenvalue weighted by atomic mass is 9.83. The summed E-state index contributed by atoms with van der Waals surface area (Å²) in [4.78, 5) is 19.2. The van der Waals surface area contributed by atoms with Crippen LogP contribution in [0.15, 0.2) is 120 Å². The summed E-state index contributed by atoms with van der Waals surface area (Å²) in [6.45, 7) is 0.521. The molecule has 6 nitrogen and oxygen atoms in total. The number of rotatable bonds is 12. The Morgan fingerprint density at radius 1 is 0.884 bits per heavy atom. The van der Waals surface area contributed by atoms with Crippen LogP contribution in [0.4, 0.5) is 0 Å². The molecular weight excluding hydrogens is 536 g/mol. The average Bonchev–Trinajstić information content (AvgIpc) is 3.79. The number of benzene rings is 4. The number of carbonyl (C=O) groups is 1. The lowest BCUT2D eigenvalue weighted by Gasteiger charge is -2.30. The molecule has 1 aliphatic carbocycles. The molecule has 1 heterocycles. The molecule has 0 radical (unpaired) electrons. The number of hydrogen-bond acceptors (Lipinski definition) is 5. The lowest BCUT2D eigenvalue weighted by Crippen LogP contribution is -2.48. The molecule has 0 saturated heterocycles. The van der Waals surface area contributed by atoms with Crippen molar-refractivity contribution in [1.29, 1.82) is 0 Å². The monoisotopic (exact) mass is 572 g/mol. The quantitative estimate of drug-likeness (QED) is 0.184. The second kappa shape index (κ2) is 13.1. The predicted octanol–water partition coefficient (Wildman–Crippen LogP) is 6.75. The molecule has 218 valence electrons. The largest absolute Gasteiger partial charge is 0.494 e. The molecule has 0 spiro atoms. The lowest BCUT2D eigenvalue weighted by molar-refractivity contribution is -0.129. The first-order valence-corrected chi connectivity index (χ1v) is 14.9. The van der Waals surface area contributed by atoms with Gasteiger partial charge >= 0.3 is 0 Å². The third-order valence-electron chi connectivity index (χ3n) is 7.80. The highest BCUT2D eigenvalue weighted by atomic mass is 16.5. The van der Waals surface area contributed by atoms with Gasteiger partial charge in [-0.3, -0.25) is 4.79 Å². The van der Waals surface area contributed by atoms with E-state index in [2.05, 4.69) is 29.6 Å². The van der Waals surface area contributed by atoms with Crippen LogP contribution in [0.3, 0.4) is 0 Å². The topological polar surface area (TPSA) is 80.2 Å². The number of hydrogen-bond donors (Lipinski definition) is 2. The molecule has 6 rings (SSSR count). The van der Waals surface area contributed by atoms with Crippen molar-refractivity contribution in [2.24, 2.45) is 4.99 Å². The van der Waals surface area contributed by atoms with E-state index in [4.69, 9.17) is 19.6 Å². The van der Waals surface area contributed by atoms with Gasteiger partial charge in [-0.2, -0.15) is 0 Å². The van der Waals surface area contributed by atoms with E-state index >= 15 is 0 Å². The summed E-state index contributed by atoms with van der Waals surface area (Å²) in [5.41, 5.74) is 3.76. The highest BCUT2D eigenvalue weighted by molar-refractivity contribution is 6.01. The first-order valence-electron chi connectivity index (χ1n) is 14.9. The zero-order valence-electron chi connectivity index (χ0n) is 24.1.